The van der Waals surface area contributed by atoms with Crippen LogP contribution in [-0.4, -0.2) is 26.1 Å². The van der Waals surface area contributed by atoms with Crippen molar-refractivity contribution in [1.29, 1.82) is 0 Å². The van der Waals surface area contributed by atoms with Crippen molar-refractivity contribution in [2.45, 2.75) is 0 Å². The minimum Gasteiger partial charge on any atom is -0.478 e. The number of hydrogen-bond acceptors (Lipinski definition) is 3. The van der Waals surface area contributed by atoms with Gasteiger partial charge in [-0.25, -0.2) is 9.48 Å². The summed E-state index contributed by atoms with van der Waals surface area (Å²) in [6.45, 7) is 0. The van der Waals surface area contributed by atoms with Gasteiger partial charge < -0.3 is 5.11 Å². The Hall–Kier alpha value is -2.69. The van der Waals surface area contributed by atoms with Crippen LogP contribution >= 0.6 is 0 Å². The van der Waals surface area contributed by atoms with Gasteiger partial charge in [0.2, 0.25) is 0 Å². The van der Waals surface area contributed by atoms with Gasteiger partial charge in [-0.1, -0.05) is 29.5 Å². The Bertz CT molecular complexity index is 719. The molecule has 0 aliphatic heterocycles. The number of rotatable bonds is 2. The Balaban J connectivity index is 2.28. The Morgan fingerprint density at radius 1 is 1.06 bits per heavy atom. The summed E-state index contributed by atoms with van der Waals surface area (Å²) in [6.07, 6.45) is 0. The van der Waals surface area contributed by atoms with Gasteiger partial charge in [-0.15, -0.1) is 5.10 Å². The maximum Gasteiger partial charge on any atom is 0.338 e. The Morgan fingerprint density at radius 2 is 1.83 bits per heavy atom. The first kappa shape index (κ1) is 10.5. The summed E-state index contributed by atoms with van der Waals surface area (Å²) in [6, 6.07) is 14.5. The van der Waals surface area contributed by atoms with Crippen LogP contribution in [0.25, 0.3) is 16.7 Å². The normalized spacial score (nSPS) is 10.7. The van der Waals surface area contributed by atoms with Crippen molar-refractivity contribution in [3.63, 3.8) is 0 Å². The lowest BCUT2D eigenvalue weighted by molar-refractivity contribution is 0.0699. The van der Waals surface area contributed by atoms with Crippen LogP contribution in [0.15, 0.2) is 48.5 Å². The highest BCUT2D eigenvalue weighted by molar-refractivity contribution is 6.00. The number of aromatic nitrogens is 3. The molecule has 1 heterocycles. The molecule has 3 rings (SSSR count). The van der Waals surface area contributed by atoms with Gasteiger partial charge in [-0.05, 0) is 24.3 Å². The largest absolute Gasteiger partial charge is 0.478 e. The van der Waals surface area contributed by atoms with E-state index >= 15 is 0 Å². The molecule has 18 heavy (non-hydrogen) atoms. The van der Waals surface area contributed by atoms with Gasteiger partial charge in [0.05, 0.1) is 16.8 Å². The highest BCUT2D eigenvalue weighted by Gasteiger charge is 2.13. The molecular weight excluding hydrogens is 230 g/mol. The lowest BCUT2D eigenvalue weighted by atomic mass is 10.2. The number of fused-ring (bicyclic) bond motifs is 1. The average Bonchev–Trinajstić information content (AvgIpc) is 2.83. The van der Waals surface area contributed by atoms with E-state index in [1.807, 2.05) is 30.3 Å². The number of para-hydroxylation sites is 1. The maximum atomic E-state index is 11.1. The van der Waals surface area contributed by atoms with E-state index in [1.54, 1.807) is 16.8 Å². The fourth-order valence-corrected chi connectivity index (χ4v) is 1.88. The summed E-state index contributed by atoms with van der Waals surface area (Å²) in [4.78, 5) is 11.1. The molecule has 0 saturated heterocycles. The number of carboxylic acids is 1. The summed E-state index contributed by atoms with van der Waals surface area (Å²) in [5.74, 6) is -0.999. The van der Waals surface area contributed by atoms with E-state index in [0.717, 1.165) is 5.69 Å². The van der Waals surface area contributed by atoms with E-state index in [-0.39, 0.29) is 5.56 Å². The Labute approximate surface area is 102 Å². The predicted molar refractivity (Wildman–Crippen MR) is 65.8 cm³/mol. The molecular formula is C13H9N3O2. The first-order valence-electron chi connectivity index (χ1n) is 5.40. The van der Waals surface area contributed by atoms with Crippen LogP contribution in [0.4, 0.5) is 0 Å². The van der Waals surface area contributed by atoms with E-state index in [1.165, 1.54) is 6.07 Å². The van der Waals surface area contributed by atoms with Gasteiger partial charge in [0.1, 0.15) is 5.52 Å². The predicted octanol–water partition coefficient (Wildman–Crippen LogP) is 2.12. The Kier molecular flexibility index (Phi) is 2.30. The first-order valence-corrected chi connectivity index (χ1v) is 5.40. The monoisotopic (exact) mass is 239 g/mol. The molecule has 88 valence electrons. The van der Waals surface area contributed by atoms with Crippen molar-refractivity contribution < 1.29 is 9.90 Å². The van der Waals surface area contributed by atoms with E-state index in [9.17, 15) is 4.79 Å². The molecule has 0 amide bonds. The second-order valence-corrected chi connectivity index (χ2v) is 3.82. The van der Waals surface area contributed by atoms with Crippen molar-refractivity contribution >= 4 is 17.0 Å². The molecule has 0 fully saturated rings. The van der Waals surface area contributed by atoms with Crippen molar-refractivity contribution in [2.24, 2.45) is 0 Å². The van der Waals surface area contributed by atoms with Crippen molar-refractivity contribution in [2.75, 3.05) is 0 Å². The molecule has 0 bridgehead atoms. The number of nitrogens with zero attached hydrogens (tertiary/aromatic N) is 3. The van der Waals surface area contributed by atoms with Crippen LogP contribution in [0.1, 0.15) is 10.4 Å². The summed E-state index contributed by atoms with van der Waals surface area (Å²) in [7, 11) is 0. The molecule has 2 aromatic carbocycles. The summed E-state index contributed by atoms with van der Waals surface area (Å²) in [5.41, 5.74) is 2.09. The quantitative estimate of drug-likeness (QED) is 0.743. The minimum absolute atomic E-state index is 0.162. The molecule has 5 nitrogen and oxygen atoms in total. The molecule has 0 saturated carbocycles. The third kappa shape index (κ3) is 1.53. The smallest absolute Gasteiger partial charge is 0.338 e. The molecule has 3 aromatic rings. The summed E-state index contributed by atoms with van der Waals surface area (Å²) in [5, 5.41) is 17.0. The number of aromatic carboxylic acids is 1. The third-order valence-electron chi connectivity index (χ3n) is 2.71. The van der Waals surface area contributed by atoms with Crippen molar-refractivity contribution in [1.82, 2.24) is 15.0 Å². The zero-order valence-corrected chi connectivity index (χ0v) is 9.32. The fraction of sp³-hybridized carbons (Fsp3) is 0. The van der Waals surface area contributed by atoms with Crippen LogP contribution in [0, 0.1) is 0 Å². The second kappa shape index (κ2) is 3.96. The SMILES string of the molecule is O=C(O)c1cccc2c1nnn2-c1ccccc1. The van der Waals surface area contributed by atoms with Crippen LogP contribution < -0.4 is 0 Å². The van der Waals surface area contributed by atoms with Crippen LogP contribution in [-0.2, 0) is 0 Å². The van der Waals surface area contributed by atoms with Gasteiger partial charge in [0, 0.05) is 0 Å². The highest BCUT2D eigenvalue weighted by Crippen LogP contribution is 2.19. The third-order valence-corrected chi connectivity index (χ3v) is 2.71. The molecule has 1 N–H and O–H groups in total. The molecule has 0 spiro atoms. The molecule has 0 atom stereocenters. The van der Waals surface area contributed by atoms with Gasteiger partial charge in [-0.3, -0.25) is 0 Å². The van der Waals surface area contributed by atoms with E-state index < -0.39 is 5.97 Å². The molecule has 0 unspecified atom stereocenters. The number of carbonyl (C=O) groups is 1. The topological polar surface area (TPSA) is 68.0 Å². The number of carboxylic acid groups (broad SMARTS) is 1. The summed E-state index contributed by atoms with van der Waals surface area (Å²) >= 11 is 0. The summed E-state index contributed by atoms with van der Waals surface area (Å²) < 4.78 is 1.63. The highest BCUT2D eigenvalue weighted by atomic mass is 16.4. The van der Waals surface area contributed by atoms with Gasteiger partial charge >= 0.3 is 5.97 Å². The van der Waals surface area contributed by atoms with E-state index in [2.05, 4.69) is 10.3 Å². The van der Waals surface area contributed by atoms with Gasteiger partial charge in [-0.2, -0.15) is 0 Å². The first-order chi connectivity index (χ1) is 8.77. The average molecular weight is 239 g/mol. The van der Waals surface area contributed by atoms with Gasteiger partial charge in [0.15, 0.2) is 0 Å². The standard InChI is InChI=1S/C13H9N3O2/c17-13(18)10-7-4-8-11-12(10)14-15-16(11)9-5-2-1-3-6-9/h1-8H,(H,17,18). The number of benzene rings is 2. The molecule has 1 aromatic heterocycles. The van der Waals surface area contributed by atoms with E-state index in [0.29, 0.717) is 11.0 Å². The van der Waals surface area contributed by atoms with Gasteiger partial charge in [0.25, 0.3) is 0 Å². The van der Waals surface area contributed by atoms with E-state index in [4.69, 9.17) is 5.11 Å². The lowest BCUT2D eigenvalue weighted by Gasteiger charge is -2.01. The van der Waals surface area contributed by atoms with Crippen LogP contribution in [0.2, 0.25) is 0 Å². The minimum atomic E-state index is -0.999. The Morgan fingerprint density at radius 3 is 2.56 bits per heavy atom. The molecule has 0 aliphatic carbocycles. The van der Waals surface area contributed by atoms with Crippen LogP contribution in [0.3, 0.4) is 0 Å². The van der Waals surface area contributed by atoms with Crippen LogP contribution in [0.5, 0.6) is 0 Å². The second-order valence-electron chi connectivity index (χ2n) is 3.82. The number of hydrogen-bond donors (Lipinski definition) is 1. The van der Waals surface area contributed by atoms with Crippen molar-refractivity contribution in [3.8, 4) is 5.69 Å². The fourth-order valence-electron chi connectivity index (χ4n) is 1.88. The lowest BCUT2D eigenvalue weighted by Crippen LogP contribution is -1.98. The van der Waals surface area contributed by atoms with Crippen molar-refractivity contribution in [3.05, 3.63) is 54.1 Å². The zero-order valence-electron chi connectivity index (χ0n) is 9.32. The molecule has 0 aliphatic rings. The molecule has 5 heteroatoms. The molecule has 0 radical (unpaired) electrons. The zero-order chi connectivity index (χ0) is 12.5. The maximum absolute atomic E-state index is 11.1.